The lowest BCUT2D eigenvalue weighted by molar-refractivity contribution is -0.682. The van der Waals surface area contributed by atoms with Crippen molar-refractivity contribution in [1.82, 2.24) is 4.57 Å². The molecule has 4 aliphatic carbocycles. The first-order valence-corrected chi connectivity index (χ1v) is 13.9. The van der Waals surface area contributed by atoms with Crippen LogP contribution in [0.15, 0.2) is 54.6 Å². The van der Waals surface area contributed by atoms with Gasteiger partial charge in [0, 0.05) is 11.0 Å². The normalized spacial score (nSPS) is 36.4. The van der Waals surface area contributed by atoms with Crippen LogP contribution in [0.5, 0.6) is 5.75 Å². The van der Waals surface area contributed by atoms with Gasteiger partial charge in [-0.3, -0.25) is 4.79 Å². The number of methoxy groups -OCH3 is 1. The zero-order valence-electron chi connectivity index (χ0n) is 22.4. The Labute approximate surface area is 231 Å². The maximum atomic E-state index is 12.9. The number of fused-ring (bicyclic) bond motifs is 5. The van der Waals surface area contributed by atoms with Crippen molar-refractivity contribution in [2.75, 3.05) is 7.11 Å². The van der Waals surface area contributed by atoms with E-state index in [1.165, 1.54) is 32.1 Å². The van der Waals surface area contributed by atoms with Crippen LogP contribution in [-0.4, -0.2) is 28.7 Å². The van der Waals surface area contributed by atoms with Gasteiger partial charge in [0.05, 0.1) is 13.2 Å². The first-order valence-electron chi connectivity index (χ1n) is 13.9. The van der Waals surface area contributed by atoms with Crippen LogP contribution >= 0.6 is 0 Å². The summed E-state index contributed by atoms with van der Waals surface area (Å²) in [6.45, 7) is 5.41. The maximum absolute atomic E-state index is 12.9. The minimum atomic E-state index is -0.136. The van der Waals surface area contributed by atoms with E-state index in [9.17, 15) is 9.90 Å². The van der Waals surface area contributed by atoms with E-state index in [0.717, 1.165) is 48.3 Å². The maximum Gasteiger partial charge on any atom is 0.244 e. The molecule has 200 valence electrons. The minimum absolute atomic E-state index is 0. The van der Waals surface area contributed by atoms with Crippen LogP contribution in [0.2, 0.25) is 0 Å². The van der Waals surface area contributed by atoms with Crippen LogP contribution in [-0.2, 0) is 6.54 Å². The highest BCUT2D eigenvalue weighted by molar-refractivity contribution is 5.95. The number of halogens is 1. The van der Waals surface area contributed by atoms with E-state index < -0.39 is 0 Å². The van der Waals surface area contributed by atoms with Gasteiger partial charge in [-0.1, -0.05) is 25.5 Å². The molecule has 1 aromatic carbocycles. The van der Waals surface area contributed by atoms with E-state index in [-0.39, 0.29) is 28.9 Å². The van der Waals surface area contributed by atoms with Crippen molar-refractivity contribution in [3.05, 3.63) is 60.2 Å². The third-order valence-electron chi connectivity index (χ3n) is 10.8. The molecule has 0 spiro atoms. The van der Waals surface area contributed by atoms with Gasteiger partial charge >= 0.3 is 0 Å². The van der Waals surface area contributed by atoms with Crippen molar-refractivity contribution in [3.63, 3.8) is 0 Å². The Balaban J connectivity index is 0.00000280. The van der Waals surface area contributed by atoms with Gasteiger partial charge in [0.25, 0.3) is 0 Å². The molecule has 3 fully saturated rings. The number of imidazole rings is 1. The van der Waals surface area contributed by atoms with E-state index in [1.807, 2.05) is 28.8 Å². The number of nitrogens with zero attached hydrogens (tertiary/aromatic N) is 2. The van der Waals surface area contributed by atoms with Gasteiger partial charge in [0.15, 0.2) is 6.54 Å². The van der Waals surface area contributed by atoms with E-state index in [4.69, 9.17) is 4.74 Å². The highest BCUT2D eigenvalue weighted by Gasteiger charge is 2.60. The fourth-order valence-corrected chi connectivity index (χ4v) is 8.83. The van der Waals surface area contributed by atoms with Crippen molar-refractivity contribution in [2.45, 2.75) is 83.9 Å². The SMILES string of the molecule is COc1ccc(C(=O)C[n+]2ccn([C@H]3CC[C@H]4[C@@H]5CC=C6C[C@@H](O)CC[C@]6(C)[C@H]5CC[C@]34C)c2)cc1.[Br-]. The molecule has 5 nitrogen and oxygen atoms in total. The molecule has 0 unspecified atom stereocenters. The van der Waals surface area contributed by atoms with Gasteiger partial charge in [-0.2, -0.15) is 0 Å². The van der Waals surface area contributed by atoms with Gasteiger partial charge in [-0.25, -0.2) is 9.13 Å². The number of carbonyl (C=O) groups excluding carboxylic acids is 1. The summed E-state index contributed by atoms with van der Waals surface area (Å²) in [4.78, 5) is 12.9. The Kier molecular flexibility index (Phi) is 7.21. The number of allylic oxidation sites excluding steroid dienone is 1. The monoisotopic (exact) mass is 568 g/mol. The Bertz CT molecular complexity index is 1170. The molecule has 0 radical (unpaired) electrons. The minimum Gasteiger partial charge on any atom is -1.00 e. The molecule has 37 heavy (non-hydrogen) atoms. The van der Waals surface area contributed by atoms with Crippen LogP contribution in [0, 0.1) is 28.6 Å². The summed E-state index contributed by atoms with van der Waals surface area (Å²) >= 11 is 0. The number of ether oxygens (including phenoxy) is 1. The van der Waals surface area contributed by atoms with Crippen LogP contribution in [0.1, 0.15) is 81.6 Å². The molecule has 1 N–H and O–H groups in total. The van der Waals surface area contributed by atoms with E-state index >= 15 is 0 Å². The summed E-state index contributed by atoms with van der Waals surface area (Å²) in [6.07, 6.45) is 18.1. The third kappa shape index (κ3) is 4.42. The standard InChI is InChI=1S/C31H41N2O3.BrH/c1-30-14-12-23(34)18-22(30)6-9-25-26-10-11-29(31(26,2)15-13-27(25)30)33-17-16-32(20-33)19-28(35)21-4-7-24(36-3)8-5-21;/h4-8,16-17,20,23,25-27,29,34H,9-15,18-19H2,1-3H3;1H/q+1;/p-1/t23-,25-,26-,27-,29-,30-,31-;/m0./s1. The summed E-state index contributed by atoms with van der Waals surface area (Å²) in [5.41, 5.74) is 2.86. The molecule has 6 rings (SSSR count). The second-order valence-electron chi connectivity index (χ2n) is 12.5. The second kappa shape index (κ2) is 10.00. The largest absolute Gasteiger partial charge is 1.00 e. The van der Waals surface area contributed by atoms with Gasteiger partial charge in [0.1, 0.15) is 24.2 Å². The number of hydrogen-bond donors (Lipinski definition) is 1. The van der Waals surface area contributed by atoms with Gasteiger partial charge in [0.2, 0.25) is 12.1 Å². The van der Waals surface area contributed by atoms with Gasteiger partial charge in [-0.15, -0.1) is 0 Å². The average Bonchev–Trinajstić information content (AvgIpc) is 3.48. The molecule has 2 aromatic rings. The first-order chi connectivity index (χ1) is 17.3. The Morgan fingerprint density at radius 2 is 1.89 bits per heavy atom. The molecule has 0 amide bonds. The number of Topliss-reactive ketones (excluding diaryl/α,β-unsaturated/α-hetero) is 1. The van der Waals surface area contributed by atoms with Crippen LogP contribution < -0.4 is 26.3 Å². The lowest BCUT2D eigenvalue weighted by atomic mass is 9.48. The number of ketones is 1. The summed E-state index contributed by atoms with van der Waals surface area (Å²) in [6, 6.07) is 7.87. The number of rotatable bonds is 5. The average molecular weight is 570 g/mol. The van der Waals surface area contributed by atoms with Crippen molar-refractivity contribution in [2.24, 2.45) is 28.6 Å². The smallest absolute Gasteiger partial charge is 0.244 e. The quantitative estimate of drug-likeness (QED) is 0.342. The zero-order valence-corrected chi connectivity index (χ0v) is 24.0. The summed E-state index contributed by atoms with van der Waals surface area (Å²) in [7, 11) is 1.64. The molecule has 3 saturated carbocycles. The lowest BCUT2D eigenvalue weighted by Gasteiger charge is -2.57. The number of aliphatic hydroxyl groups is 1. The van der Waals surface area contributed by atoms with Crippen LogP contribution in [0.4, 0.5) is 0 Å². The fraction of sp³-hybridized carbons (Fsp3) is 0.613. The topological polar surface area (TPSA) is 55.3 Å². The Morgan fingerprint density at radius 1 is 1.11 bits per heavy atom. The predicted molar refractivity (Wildman–Crippen MR) is 139 cm³/mol. The highest BCUT2D eigenvalue weighted by Crippen LogP contribution is 2.67. The molecular weight excluding hydrogens is 528 g/mol. The van der Waals surface area contributed by atoms with Gasteiger partial charge in [-0.05, 0) is 98.8 Å². The summed E-state index contributed by atoms with van der Waals surface area (Å²) in [5, 5.41) is 10.3. The highest BCUT2D eigenvalue weighted by atomic mass is 79.9. The molecule has 0 saturated heterocycles. The van der Waals surface area contributed by atoms with Crippen LogP contribution in [0.25, 0.3) is 0 Å². The molecule has 4 aliphatic rings. The van der Waals surface area contributed by atoms with E-state index in [0.29, 0.717) is 23.4 Å². The van der Waals surface area contributed by atoms with Crippen molar-refractivity contribution < 1.29 is 36.2 Å². The van der Waals surface area contributed by atoms with Crippen molar-refractivity contribution in [1.29, 1.82) is 0 Å². The molecule has 7 atom stereocenters. The number of carbonyl (C=O) groups is 1. The summed E-state index contributed by atoms with van der Waals surface area (Å²) < 4.78 is 9.66. The second-order valence-corrected chi connectivity index (χ2v) is 12.5. The van der Waals surface area contributed by atoms with Gasteiger partial charge < -0.3 is 26.8 Å². The first kappa shape index (κ1) is 26.7. The molecule has 0 aliphatic heterocycles. The van der Waals surface area contributed by atoms with E-state index in [2.05, 4.69) is 43.2 Å². The number of hydrogen-bond acceptors (Lipinski definition) is 3. The van der Waals surface area contributed by atoms with Crippen LogP contribution in [0.3, 0.4) is 0 Å². The lowest BCUT2D eigenvalue weighted by Crippen LogP contribution is -3.00. The van der Waals surface area contributed by atoms with E-state index in [1.54, 1.807) is 12.7 Å². The number of aliphatic hydroxyl groups excluding tert-OH is 1. The predicted octanol–water partition coefficient (Wildman–Crippen LogP) is 2.54. The van der Waals surface area contributed by atoms with Crippen molar-refractivity contribution in [3.8, 4) is 5.75 Å². The Hall–Kier alpha value is -1.92. The molecular formula is C31H41BrN2O3. The molecule has 1 heterocycles. The summed E-state index contributed by atoms with van der Waals surface area (Å²) in [5.74, 6) is 3.16. The fourth-order valence-electron chi connectivity index (χ4n) is 8.83. The molecule has 1 aromatic heterocycles. The van der Waals surface area contributed by atoms with Crippen molar-refractivity contribution >= 4 is 5.78 Å². The number of benzene rings is 1. The molecule has 0 bridgehead atoms. The third-order valence-corrected chi connectivity index (χ3v) is 10.8. The molecule has 6 heteroatoms. The Morgan fingerprint density at radius 3 is 2.65 bits per heavy atom. The zero-order chi connectivity index (χ0) is 25.1. The number of aromatic nitrogens is 2.